The lowest BCUT2D eigenvalue weighted by Crippen LogP contribution is -2.56. The van der Waals surface area contributed by atoms with Crippen LogP contribution in [0, 0.1) is 0 Å². The number of amides is 1. The standard InChI is InChI=1S/C9H12N2O3/c1-3-4-8-10-5-6-11(8,7(2)12)9(13)14/h3,5-7,12H,1,4H2,2H3/p+1. The third-order valence-electron chi connectivity index (χ3n) is 2.19. The zero-order chi connectivity index (χ0) is 10.8. The highest BCUT2D eigenvalue weighted by molar-refractivity contribution is 5.88. The fourth-order valence-corrected chi connectivity index (χ4v) is 1.41. The van der Waals surface area contributed by atoms with Crippen LogP contribution in [-0.2, 0) is 0 Å². The summed E-state index contributed by atoms with van der Waals surface area (Å²) in [4.78, 5) is 15.0. The number of aliphatic imine (C=N–C) groups is 1. The Labute approximate surface area is 81.9 Å². The molecule has 1 aliphatic heterocycles. The second kappa shape index (κ2) is 3.73. The summed E-state index contributed by atoms with van der Waals surface area (Å²) in [5.41, 5.74) is 0. The molecule has 0 spiro atoms. The number of carbonyl (C=O) groups is 1. The lowest BCUT2D eigenvalue weighted by Gasteiger charge is -2.28. The highest BCUT2D eigenvalue weighted by Crippen LogP contribution is 2.23. The van der Waals surface area contributed by atoms with Gasteiger partial charge in [-0.05, 0) is 0 Å². The second-order valence-electron chi connectivity index (χ2n) is 3.03. The van der Waals surface area contributed by atoms with Gasteiger partial charge in [-0.2, -0.15) is 4.79 Å². The summed E-state index contributed by atoms with van der Waals surface area (Å²) in [6, 6.07) is 0. The first kappa shape index (κ1) is 10.6. The molecule has 0 aromatic heterocycles. The number of quaternary nitrogens is 1. The minimum Gasteiger partial charge on any atom is -0.435 e. The number of amidine groups is 1. The molecular weight excluding hydrogens is 184 g/mol. The minimum absolute atomic E-state index is 0.337. The highest BCUT2D eigenvalue weighted by atomic mass is 16.4. The van der Waals surface area contributed by atoms with Gasteiger partial charge in [0.1, 0.15) is 6.20 Å². The monoisotopic (exact) mass is 197 g/mol. The van der Waals surface area contributed by atoms with E-state index in [4.69, 9.17) is 5.11 Å². The summed E-state index contributed by atoms with van der Waals surface area (Å²) in [7, 11) is 0. The summed E-state index contributed by atoms with van der Waals surface area (Å²) in [5, 5.41) is 18.6. The van der Waals surface area contributed by atoms with Crippen LogP contribution in [0.25, 0.3) is 0 Å². The maximum atomic E-state index is 11.1. The smallest absolute Gasteiger partial charge is 0.435 e. The third kappa shape index (κ3) is 1.36. The van der Waals surface area contributed by atoms with Crippen molar-refractivity contribution in [1.29, 1.82) is 0 Å². The number of aliphatic hydroxyl groups excluding tert-OH is 1. The van der Waals surface area contributed by atoms with Gasteiger partial charge >= 0.3 is 6.09 Å². The molecule has 0 bridgehead atoms. The van der Waals surface area contributed by atoms with Gasteiger partial charge in [0.25, 0.3) is 0 Å². The van der Waals surface area contributed by atoms with Crippen molar-refractivity contribution < 1.29 is 19.5 Å². The van der Waals surface area contributed by atoms with Gasteiger partial charge in [0.15, 0.2) is 0 Å². The minimum atomic E-state index is -1.14. The number of rotatable bonds is 3. The molecule has 0 saturated carbocycles. The van der Waals surface area contributed by atoms with Crippen LogP contribution in [0.5, 0.6) is 0 Å². The molecule has 0 aromatic rings. The van der Waals surface area contributed by atoms with E-state index in [1.807, 2.05) is 0 Å². The maximum absolute atomic E-state index is 11.1. The number of aliphatic hydroxyl groups is 1. The van der Waals surface area contributed by atoms with Crippen LogP contribution in [-0.4, -0.2) is 32.9 Å². The van der Waals surface area contributed by atoms with Crippen molar-refractivity contribution in [3.8, 4) is 0 Å². The molecule has 1 heterocycles. The van der Waals surface area contributed by atoms with Crippen LogP contribution in [0.4, 0.5) is 4.79 Å². The van der Waals surface area contributed by atoms with E-state index in [9.17, 15) is 9.90 Å². The molecule has 2 atom stereocenters. The first-order valence-corrected chi connectivity index (χ1v) is 4.21. The van der Waals surface area contributed by atoms with E-state index in [0.717, 1.165) is 0 Å². The molecule has 2 unspecified atom stereocenters. The average molecular weight is 197 g/mol. The molecule has 1 rings (SSSR count). The third-order valence-corrected chi connectivity index (χ3v) is 2.19. The van der Waals surface area contributed by atoms with Crippen LogP contribution in [0.3, 0.4) is 0 Å². The number of hydrogen-bond donors (Lipinski definition) is 2. The zero-order valence-electron chi connectivity index (χ0n) is 7.92. The Morgan fingerprint density at radius 1 is 1.86 bits per heavy atom. The fraction of sp³-hybridized carbons (Fsp3) is 0.333. The van der Waals surface area contributed by atoms with Crippen LogP contribution < -0.4 is 0 Å². The molecule has 0 radical (unpaired) electrons. The summed E-state index contributed by atoms with van der Waals surface area (Å²) in [6.45, 7) is 4.93. The Bertz CT molecular complexity index is 320. The topological polar surface area (TPSA) is 69.9 Å². The SMILES string of the molecule is C=CCC1=NC=C[N+]1(C(=O)O)C(C)O. The van der Waals surface area contributed by atoms with Crippen LogP contribution >= 0.6 is 0 Å². The molecule has 0 fully saturated rings. The first-order valence-electron chi connectivity index (χ1n) is 4.21. The quantitative estimate of drug-likeness (QED) is 0.529. The Morgan fingerprint density at radius 3 is 2.93 bits per heavy atom. The molecule has 14 heavy (non-hydrogen) atoms. The van der Waals surface area contributed by atoms with E-state index in [-0.39, 0.29) is 0 Å². The van der Waals surface area contributed by atoms with Crippen LogP contribution in [0.1, 0.15) is 13.3 Å². The van der Waals surface area contributed by atoms with Crippen molar-refractivity contribution in [2.75, 3.05) is 0 Å². The normalized spacial score (nSPS) is 27.1. The van der Waals surface area contributed by atoms with Gasteiger partial charge in [-0.1, -0.05) is 6.08 Å². The van der Waals surface area contributed by atoms with Gasteiger partial charge in [-0.15, -0.1) is 11.1 Å². The number of hydrogen-bond acceptors (Lipinski definition) is 3. The molecule has 2 N–H and O–H groups in total. The largest absolute Gasteiger partial charge is 0.526 e. The Balaban J connectivity index is 3.10. The fourth-order valence-electron chi connectivity index (χ4n) is 1.41. The van der Waals surface area contributed by atoms with E-state index in [0.29, 0.717) is 12.3 Å². The highest BCUT2D eigenvalue weighted by Gasteiger charge is 2.47. The first-order chi connectivity index (χ1) is 6.55. The summed E-state index contributed by atoms with van der Waals surface area (Å²) in [5.74, 6) is 0.363. The summed E-state index contributed by atoms with van der Waals surface area (Å²) in [6.07, 6.45) is 2.43. The molecule has 5 heteroatoms. The molecule has 76 valence electrons. The molecular formula is C9H13N2O3+. The number of nitrogens with zero attached hydrogens (tertiary/aromatic N) is 2. The van der Waals surface area contributed by atoms with Crippen LogP contribution in [0.15, 0.2) is 30.0 Å². The van der Waals surface area contributed by atoms with Gasteiger partial charge in [0.2, 0.25) is 12.1 Å². The predicted molar refractivity (Wildman–Crippen MR) is 51.4 cm³/mol. The van der Waals surface area contributed by atoms with Crippen molar-refractivity contribution in [2.45, 2.75) is 19.6 Å². The molecule has 1 aliphatic rings. The van der Waals surface area contributed by atoms with E-state index in [1.54, 1.807) is 6.08 Å². The second-order valence-corrected chi connectivity index (χ2v) is 3.03. The van der Waals surface area contributed by atoms with Crippen molar-refractivity contribution in [3.05, 3.63) is 25.1 Å². The van der Waals surface area contributed by atoms with Crippen molar-refractivity contribution in [3.63, 3.8) is 0 Å². The zero-order valence-corrected chi connectivity index (χ0v) is 7.92. The Morgan fingerprint density at radius 2 is 2.50 bits per heavy atom. The average Bonchev–Trinajstić information content (AvgIpc) is 2.49. The van der Waals surface area contributed by atoms with Crippen molar-refractivity contribution >= 4 is 11.9 Å². The number of carboxylic acid groups (broad SMARTS) is 1. The van der Waals surface area contributed by atoms with E-state index in [2.05, 4.69) is 11.6 Å². The van der Waals surface area contributed by atoms with E-state index in [1.165, 1.54) is 19.3 Å². The summed E-state index contributed by atoms with van der Waals surface area (Å²) >= 11 is 0. The molecule has 1 amide bonds. The predicted octanol–water partition coefficient (Wildman–Crippen LogP) is 1.28. The van der Waals surface area contributed by atoms with Gasteiger partial charge in [0, 0.05) is 6.92 Å². The maximum Gasteiger partial charge on any atom is 0.526 e. The van der Waals surface area contributed by atoms with Crippen molar-refractivity contribution in [2.24, 2.45) is 4.99 Å². The summed E-state index contributed by atoms with van der Waals surface area (Å²) < 4.78 is -0.647. The van der Waals surface area contributed by atoms with Gasteiger partial charge in [-0.3, -0.25) is 0 Å². The molecule has 0 aliphatic carbocycles. The van der Waals surface area contributed by atoms with E-state index < -0.39 is 16.8 Å². The van der Waals surface area contributed by atoms with Crippen molar-refractivity contribution in [1.82, 2.24) is 0 Å². The molecule has 0 aromatic carbocycles. The lowest BCUT2D eigenvalue weighted by molar-refractivity contribution is -0.767. The van der Waals surface area contributed by atoms with Gasteiger partial charge in [0.05, 0.1) is 12.6 Å². The molecule has 0 saturated heterocycles. The van der Waals surface area contributed by atoms with Crippen LogP contribution in [0.2, 0.25) is 0 Å². The van der Waals surface area contributed by atoms with Gasteiger partial charge < -0.3 is 10.2 Å². The lowest BCUT2D eigenvalue weighted by atomic mass is 10.3. The van der Waals surface area contributed by atoms with E-state index >= 15 is 0 Å². The van der Waals surface area contributed by atoms with Gasteiger partial charge in [-0.25, -0.2) is 4.99 Å². The molecule has 5 nitrogen and oxygen atoms in total. The Kier molecular flexibility index (Phi) is 2.83. The Hall–Kier alpha value is -1.46.